The predicted molar refractivity (Wildman–Crippen MR) is 42.1 cm³/mol. The second-order valence-electron chi connectivity index (χ2n) is 3.35. The molecule has 1 fully saturated rings. The Kier molecular flexibility index (Phi) is 2.69. The molecule has 3 atom stereocenters. The molecule has 2 heteroatoms. The maximum atomic E-state index is 5.52. The van der Waals surface area contributed by atoms with E-state index in [1.54, 1.807) is 0 Å². The number of rotatable bonds is 0. The monoisotopic (exact) mass is 143 g/mol. The van der Waals surface area contributed by atoms with Crippen LogP contribution < -0.4 is 5.32 Å². The Morgan fingerprint density at radius 3 is 2.60 bits per heavy atom. The van der Waals surface area contributed by atoms with Crippen LogP contribution in [0.3, 0.4) is 0 Å². The molecular formula is C8H17NO. The summed E-state index contributed by atoms with van der Waals surface area (Å²) in [6.45, 7) is 7.36. The van der Waals surface area contributed by atoms with Gasteiger partial charge < -0.3 is 10.1 Å². The van der Waals surface area contributed by atoms with Crippen molar-refractivity contribution in [1.82, 2.24) is 5.32 Å². The molecule has 1 rings (SSSR count). The highest BCUT2D eigenvalue weighted by atomic mass is 16.5. The zero-order valence-corrected chi connectivity index (χ0v) is 7.05. The fourth-order valence-electron chi connectivity index (χ4n) is 1.48. The van der Waals surface area contributed by atoms with Gasteiger partial charge >= 0.3 is 0 Å². The average molecular weight is 143 g/mol. The lowest BCUT2D eigenvalue weighted by atomic mass is 10.1. The molecule has 0 aliphatic carbocycles. The molecule has 0 amide bonds. The summed E-state index contributed by atoms with van der Waals surface area (Å²) in [5.41, 5.74) is 0. The van der Waals surface area contributed by atoms with Gasteiger partial charge in [0, 0.05) is 12.1 Å². The molecule has 60 valence electrons. The molecule has 1 aliphatic heterocycles. The minimum atomic E-state index is 0.424. The highest BCUT2D eigenvalue weighted by Gasteiger charge is 2.16. The fraction of sp³-hybridized carbons (Fsp3) is 1.00. The summed E-state index contributed by atoms with van der Waals surface area (Å²) in [5, 5.41) is 3.45. The largest absolute Gasteiger partial charge is 0.377 e. The summed E-state index contributed by atoms with van der Waals surface area (Å²) in [4.78, 5) is 0. The first kappa shape index (κ1) is 8.02. The Labute approximate surface area is 63.0 Å². The van der Waals surface area contributed by atoms with Crippen LogP contribution in [0.1, 0.15) is 27.2 Å². The van der Waals surface area contributed by atoms with Crippen LogP contribution in [-0.4, -0.2) is 24.8 Å². The van der Waals surface area contributed by atoms with Crippen molar-refractivity contribution in [3.63, 3.8) is 0 Å². The van der Waals surface area contributed by atoms with Crippen LogP contribution in [0.15, 0.2) is 0 Å². The SMILES string of the molecule is CC1COC(C)CC(C)N1. The molecule has 0 saturated carbocycles. The van der Waals surface area contributed by atoms with Crippen LogP contribution in [0, 0.1) is 0 Å². The van der Waals surface area contributed by atoms with Gasteiger partial charge in [0.1, 0.15) is 0 Å². The zero-order valence-electron chi connectivity index (χ0n) is 7.05. The van der Waals surface area contributed by atoms with Crippen molar-refractivity contribution in [2.75, 3.05) is 6.61 Å². The van der Waals surface area contributed by atoms with Gasteiger partial charge in [-0.25, -0.2) is 0 Å². The molecule has 10 heavy (non-hydrogen) atoms. The molecule has 0 radical (unpaired) electrons. The van der Waals surface area contributed by atoms with E-state index in [1.807, 2.05) is 0 Å². The van der Waals surface area contributed by atoms with E-state index in [9.17, 15) is 0 Å². The first-order valence-electron chi connectivity index (χ1n) is 4.06. The van der Waals surface area contributed by atoms with E-state index in [0.29, 0.717) is 18.2 Å². The molecule has 0 aromatic carbocycles. The average Bonchev–Trinajstić information content (AvgIpc) is 1.93. The molecular weight excluding hydrogens is 126 g/mol. The first-order chi connectivity index (χ1) is 4.68. The summed E-state index contributed by atoms with van der Waals surface area (Å²) < 4.78 is 5.52. The number of hydrogen-bond donors (Lipinski definition) is 1. The van der Waals surface area contributed by atoms with Gasteiger partial charge in [-0.1, -0.05) is 0 Å². The lowest BCUT2D eigenvalue weighted by Crippen LogP contribution is -2.34. The predicted octanol–water partition coefficient (Wildman–Crippen LogP) is 1.16. The minimum absolute atomic E-state index is 0.424. The van der Waals surface area contributed by atoms with Crippen LogP contribution in [0.2, 0.25) is 0 Å². The van der Waals surface area contributed by atoms with Crippen molar-refractivity contribution in [2.45, 2.75) is 45.4 Å². The van der Waals surface area contributed by atoms with Crippen LogP contribution in [0.4, 0.5) is 0 Å². The van der Waals surface area contributed by atoms with Gasteiger partial charge in [-0.15, -0.1) is 0 Å². The third-order valence-corrected chi connectivity index (χ3v) is 1.89. The topological polar surface area (TPSA) is 21.3 Å². The number of nitrogens with one attached hydrogen (secondary N) is 1. The van der Waals surface area contributed by atoms with Crippen molar-refractivity contribution >= 4 is 0 Å². The molecule has 0 spiro atoms. The van der Waals surface area contributed by atoms with Crippen LogP contribution in [0.5, 0.6) is 0 Å². The molecule has 0 aromatic rings. The zero-order chi connectivity index (χ0) is 7.56. The lowest BCUT2D eigenvalue weighted by molar-refractivity contribution is 0.0656. The maximum absolute atomic E-state index is 5.52. The first-order valence-corrected chi connectivity index (χ1v) is 4.06. The molecule has 0 bridgehead atoms. The van der Waals surface area contributed by atoms with Crippen molar-refractivity contribution < 1.29 is 4.74 Å². The fourth-order valence-corrected chi connectivity index (χ4v) is 1.48. The van der Waals surface area contributed by atoms with E-state index in [1.165, 1.54) is 0 Å². The summed E-state index contributed by atoms with van der Waals surface area (Å²) in [5.74, 6) is 0. The summed E-state index contributed by atoms with van der Waals surface area (Å²) in [7, 11) is 0. The molecule has 2 nitrogen and oxygen atoms in total. The van der Waals surface area contributed by atoms with Crippen LogP contribution in [0.25, 0.3) is 0 Å². The lowest BCUT2D eigenvalue weighted by Gasteiger charge is -2.13. The van der Waals surface area contributed by atoms with Gasteiger partial charge in [-0.05, 0) is 27.2 Å². The van der Waals surface area contributed by atoms with Gasteiger partial charge in [0.25, 0.3) is 0 Å². The van der Waals surface area contributed by atoms with Gasteiger partial charge in [0.15, 0.2) is 0 Å². The second kappa shape index (κ2) is 3.35. The Balaban J connectivity index is 2.38. The third-order valence-electron chi connectivity index (χ3n) is 1.89. The Morgan fingerprint density at radius 2 is 1.90 bits per heavy atom. The molecule has 1 heterocycles. The van der Waals surface area contributed by atoms with Crippen LogP contribution >= 0.6 is 0 Å². The van der Waals surface area contributed by atoms with Gasteiger partial charge in [-0.3, -0.25) is 0 Å². The Bertz CT molecular complexity index is 93.4. The summed E-state index contributed by atoms with van der Waals surface area (Å²) in [6.07, 6.45) is 1.55. The normalized spacial score (nSPS) is 42.9. The van der Waals surface area contributed by atoms with Crippen molar-refractivity contribution in [3.8, 4) is 0 Å². The smallest absolute Gasteiger partial charge is 0.0620 e. The quantitative estimate of drug-likeness (QED) is 0.549. The van der Waals surface area contributed by atoms with E-state index < -0.39 is 0 Å². The van der Waals surface area contributed by atoms with Gasteiger partial charge in [-0.2, -0.15) is 0 Å². The maximum Gasteiger partial charge on any atom is 0.0620 e. The van der Waals surface area contributed by atoms with E-state index >= 15 is 0 Å². The molecule has 1 N–H and O–H groups in total. The minimum Gasteiger partial charge on any atom is -0.377 e. The van der Waals surface area contributed by atoms with Gasteiger partial charge in [0.05, 0.1) is 12.7 Å². The van der Waals surface area contributed by atoms with Gasteiger partial charge in [0.2, 0.25) is 0 Å². The molecule has 3 unspecified atom stereocenters. The highest BCUT2D eigenvalue weighted by molar-refractivity contribution is 4.73. The molecule has 1 aliphatic rings. The Hall–Kier alpha value is -0.0800. The number of hydrogen-bond acceptors (Lipinski definition) is 2. The van der Waals surface area contributed by atoms with E-state index in [4.69, 9.17) is 4.74 Å². The highest BCUT2D eigenvalue weighted by Crippen LogP contribution is 2.07. The van der Waals surface area contributed by atoms with Crippen LogP contribution in [-0.2, 0) is 4.74 Å². The summed E-state index contributed by atoms with van der Waals surface area (Å²) in [6, 6.07) is 1.12. The second-order valence-corrected chi connectivity index (χ2v) is 3.35. The van der Waals surface area contributed by atoms with E-state index in [0.717, 1.165) is 13.0 Å². The van der Waals surface area contributed by atoms with E-state index in [-0.39, 0.29) is 0 Å². The third kappa shape index (κ3) is 2.27. The number of ether oxygens (including phenoxy) is 1. The van der Waals surface area contributed by atoms with Crippen molar-refractivity contribution in [1.29, 1.82) is 0 Å². The summed E-state index contributed by atoms with van der Waals surface area (Å²) >= 11 is 0. The van der Waals surface area contributed by atoms with Crippen molar-refractivity contribution in [2.24, 2.45) is 0 Å². The Morgan fingerprint density at radius 1 is 1.20 bits per heavy atom. The molecule has 1 saturated heterocycles. The van der Waals surface area contributed by atoms with E-state index in [2.05, 4.69) is 26.1 Å². The van der Waals surface area contributed by atoms with Crippen molar-refractivity contribution in [3.05, 3.63) is 0 Å². The molecule has 0 aromatic heterocycles. The standard InChI is InChI=1S/C8H17NO/c1-6-4-8(3)10-5-7(2)9-6/h6-9H,4-5H2,1-3H3.